The third kappa shape index (κ3) is 8.02. The Kier molecular flexibility index (Phi) is 12.7. The van der Waals surface area contributed by atoms with Gasteiger partial charge in [0.05, 0.1) is 25.1 Å². The molecule has 11 heteroatoms. The molecule has 0 radical (unpaired) electrons. The summed E-state index contributed by atoms with van der Waals surface area (Å²) in [6, 6.07) is 20.9. The number of H-pyrrole nitrogens is 1. The number of hydrogen-bond donors (Lipinski definition) is 8. The number of ketones is 2. The molecule has 9 N–H and O–H groups in total. The Morgan fingerprint density at radius 2 is 1.78 bits per heavy atom. The third-order valence-electron chi connectivity index (χ3n) is 19.9. The molecule has 12 rings (SSSR count). The number of allylic oxidation sites excluding steroid dienone is 2. The zero-order chi connectivity index (χ0) is 49.4. The van der Waals surface area contributed by atoms with E-state index in [2.05, 4.69) is 88.4 Å². The van der Waals surface area contributed by atoms with E-state index >= 15 is 4.79 Å². The lowest BCUT2D eigenvalue weighted by molar-refractivity contribution is -0.165. The van der Waals surface area contributed by atoms with Crippen LogP contribution >= 0.6 is 0 Å². The number of aromatic hydroxyl groups is 1. The molecule has 2 aliphatic heterocycles. The highest BCUT2D eigenvalue weighted by atomic mass is 16.5. The number of fused-ring (bicyclic) bond motifs is 9. The summed E-state index contributed by atoms with van der Waals surface area (Å²) in [5.41, 5.74) is 11.7. The third-order valence-corrected chi connectivity index (χ3v) is 19.9. The van der Waals surface area contributed by atoms with E-state index in [4.69, 9.17) is 10.5 Å². The topological polar surface area (TPSA) is 182 Å². The fourth-order valence-corrected chi connectivity index (χ4v) is 16.9. The summed E-state index contributed by atoms with van der Waals surface area (Å²) in [5.74, 6) is 11.5. The van der Waals surface area contributed by atoms with Gasteiger partial charge in [-0.1, -0.05) is 67.3 Å². The number of phenols is 1. The summed E-state index contributed by atoms with van der Waals surface area (Å²) in [4.78, 5) is 32.1. The van der Waals surface area contributed by atoms with Crippen LogP contribution in [0.2, 0.25) is 0 Å². The lowest BCUT2D eigenvalue weighted by atomic mass is 9.40. The molecule has 16 atom stereocenters. The lowest BCUT2D eigenvalue weighted by Gasteiger charge is -2.66. The molecule has 0 amide bonds. The summed E-state index contributed by atoms with van der Waals surface area (Å²) in [6.07, 6.45) is 11.2. The number of aliphatic hydroxyl groups is 2. The highest BCUT2D eigenvalue weighted by Gasteiger charge is 2.65. The molecule has 0 bridgehead atoms. The minimum absolute atomic E-state index is 0.000762. The summed E-state index contributed by atoms with van der Waals surface area (Å²) in [5, 5.41) is 49.8. The first-order chi connectivity index (χ1) is 35.0. The first-order valence-electron chi connectivity index (χ1n) is 27.4. The van der Waals surface area contributed by atoms with Crippen LogP contribution in [0.15, 0.2) is 90.4 Å². The average Bonchev–Trinajstić information content (AvgIpc) is 3.90. The molecule has 3 aromatic carbocycles. The zero-order valence-corrected chi connectivity index (χ0v) is 41.9. The molecular weight excluding hydrogens is 899 g/mol. The molecule has 1 saturated heterocycles. The molecule has 3 heterocycles. The number of dihydropyridines is 1. The normalized spacial score (nSPS) is 35.2. The van der Waals surface area contributed by atoms with E-state index in [9.17, 15) is 20.1 Å². The van der Waals surface area contributed by atoms with E-state index in [0.29, 0.717) is 110 Å². The van der Waals surface area contributed by atoms with Crippen LogP contribution in [0, 0.1) is 64.6 Å². The maximum atomic E-state index is 15.1. The van der Waals surface area contributed by atoms with Crippen molar-refractivity contribution in [3.8, 4) is 23.3 Å². The Bertz CT molecular complexity index is 2880. The Hall–Kier alpha value is -5.38. The summed E-state index contributed by atoms with van der Waals surface area (Å²) < 4.78 is 5.61. The number of aromatic amines is 1. The van der Waals surface area contributed by atoms with Gasteiger partial charge in [-0.15, -0.1) is 0 Å². The number of nitrogens with two attached hydrogens (primary N) is 1. The minimum atomic E-state index is -1.22. The van der Waals surface area contributed by atoms with Crippen molar-refractivity contribution in [2.45, 2.75) is 119 Å². The summed E-state index contributed by atoms with van der Waals surface area (Å²) in [7, 11) is 1.54. The molecule has 4 aromatic rings. The van der Waals surface area contributed by atoms with Gasteiger partial charge in [0.15, 0.2) is 17.3 Å². The molecule has 8 aliphatic rings. The van der Waals surface area contributed by atoms with E-state index < -0.39 is 23.5 Å². The standard InChI is InChI=1S/C61H73N5O6/c1-3-63-31-49-55-41(48-32-66-50-29-40(68)28-47-43-19-23-65-59(43)58(49)57(48)56(47)50)13-14-44-42(55)17-21-61(60(44)71)20-16-34(46-30-51(69)52(72-2)25-37(46)11-15-53(61)70)10-12-39(67)27-45(38-18-22-64-54(62)26-38)36-9-8-33-6-4-5-7-35(33)24-36/h4-9,18-19,23-26,30,34,39,41-42,44-45,47-50,55-58,60,63-67,69,71H,3,10-15,17,21-22,27-29,31-32,62H2,1-2H3/t34-,39-,41+,42+,44+,45-,47-,48-,49+,50+,55+,56+,57-,58+,60+,61+/m0/s1. The smallest absolute Gasteiger partial charge is 0.160 e. The monoisotopic (exact) mass is 972 g/mol. The highest BCUT2D eigenvalue weighted by Crippen LogP contribution is 2.68. The molecule has 11 nitrogen and oxygen atoms in total. The second-order valence-electron chi connectivity index (χ2n) is 23.1. The van der Waals surface area contributed by atoms with Crippen molar-refractivity contribution < 1.29 is 29.6 Å². The van der Waals surface area contributed by atoms with Crippen molar-refractivity contribution in [2.24, 2.45) is 58.5 Å². The maximum Gasteiger partial charge on any atom is 0.160 e. The molecule has 1 aromatic heterocycles. The summed E-state index contributed by atoms with van der Waals surface area (Å²) >= 11 is 0. The first-order valence-corrected chi connectivity index (χ1v) is 27.4. The van der Waals surface area contributed by atoms with Gasteiger partial charge in [-0.25, -0.2) is 0 Å². The van der Waals surface area contributed by atoms with Crippen LogP contribution in [-0.4, -0.2) is 83.4 Å². The number of benzene rings is 3. The van der Waals surface area contributed by atoms with Crippen LogP contribution in [-0.2, 0) is 16.0 Å². The molecule has 4 saturated carbocycles. The number of aryl methyl sites for hydroxylation is 1. The second-order valence-corrected chi connectivity index (χ2v) is 23.1. The predicted molar refractivity (Wildman–Crippen MR) is 279 cm³/mol. The van der Waals surface area contributed by atoms with Crippen LogP contribution in [0.1, 0.15) is 123 Å². The van der Waals surface area contributed by atoms with Crippen LogP contribution in [0.4, 0.5) is 0 Å². The van der Waals surface area contributed by atoms with E-state index in [1.54, 1.807) is 6.07 Å². The number of rotatable bonds is 11. The Labute approximate surface area is 424 Å². The van der Waals surface area contributed by atoms with Gasteiger partial charge in [0.25, 0.3) is 0 Å². The Morgan fingerprint density at radius 1 is 0.944 bits per heavy atom. The fraction of sp³-hybridized carbons (Fsp3) is 0.541. The Morgan fingerprint density at radius 3 is 2.61 bits per heavy atom. The highest BCUT2D eigenvalue weighted by molar-refractivity contribution is 5.89. The number of piperidine rings is 1. The van der Waals surface area contributed by atoms with E-state index in [1.807, 2.05) is 24.3 Å². The average molecular weight is 972 g/mol. The molecular formula is C61H73N5O6. The maximum absolute atomic E-state index is 15.1. The van der Waals surface area contributed by atoms with Crippen molar-refractivity contribution in [1.29, 1.82) is 0 Å². The predicted octanol–water partition coefficient (Wildman–Crippen LogP) is 7.83. The quantitative estimate of drug-likeness (QED) is 0.0691. The van der Waals surface area contributed by atoms with Crippen LogP contribution in [0.5, 0.6) is 11.5 Å². The van der Waals surface area contributed by atoms with Gasteiger partial charge in [-0.2, -0.15) is 0 Å². The van der Waals surface area contributed by atoms with E-state index in [-0.39, 0.29) is 47.7 Å². The van der Waals surface area contributed by atoms with Crippen molar-refractivity contribution in [2.75, 3.05) is 33.3 Å². The molecule has 6 aliphatic carbocycles. The van der Waals surface area contributed by atoms with Crippen molar-refractivity contribution >= 4 is 22.3 Å². The molecule has 72 heavy (non-hydrogen) atoms. The molecule has 1 spiro atoms. The van der Waals surface area contributed by atoms with Crippen LogP contribution in [0.25, 0.3) is 10.8 Å². The fourth-order valence-electron chi connectivity index (χ4n) is 16.9. The Balaban J connectivity index is 0.854. The van der Waals surface area contributed by atoms with Gasteiger partial charge >= 0.3 is 0 Å². The van der Waals surface area contributed by atoms with Gasteiger partial charge in [0, 0.05) is 61.5 Å². The number of carbonyl (C=O) groups is 2. The van der Waals surface area contributed by atoms with Crippen molar-refractivity contribution in [3.05, 3.63) is 118 Å². The number of phenolic OH excluding ortho intramolecular Hbond substituents is 1. The van der Waals surface area contributed by atoms with Crippen molar-refractivity contribution in [3.63, 3.8) is 0 Å². The lowest BCUT2D eigenvalue weighted by Crippen LogP contribution is -2.67. The number of methoxy groups -OCH3 is 1. The van der Waals surface area contributed by atoms with Gasteiger partial charge in [0.2, 0.25) is 0 Å². The first kappa shape index (κ1) is 47.6. The van der Waals surface area contributed by atoms with E-state index in [0.717, 1.165) is 71.9 Å². The summed E-state index contributed by atoms with van der Waals surface area (Å²) in [6.45, 7) is 5.54. The minimum Gasteiger partial charge on any atom is -0.504 e. The van der Waals surface area contributed by atoms with Gasteiger partial charge < -0.3 is 46.7 Å². The number of aliphatic hydroxyl groups excluding tert-OH is 2. The number of hydrogen-bond acceptors (Lipinski definition) is 10. The molecule has 0 unspecified atom stereocenters. The zero-order valence-electron chi connectivity index (χ0n) is 41.9. The number of nitrogens with one attached hydrogen (secondary N) is 4. The molecule has 5 fully saturated rings. The van der Waals surface area contributed by atoms with Crippen LogP contribution in [0.3, 0.4) is 0 Å². The van der Waals surface area contributed by atoms with Gasteiger partial charge in [-0.3, -0.25) is 9.59 Å². The van der Waals surface area contributed by atoms with Crippen LogP contribution < -0.4 is 26.4 Å². The SMILES string of the molecule is CCNC[C@H]1[C@H]2c3[nH]ccc3[C@@H]3CC(=O)C[C@H]4NC[C@@H]([C@H]5CC[C@@H]6[C@@H](CC[C@@]7(C#C[C@H](CC[C@H](O)C[C@H](C8=CCNC(N)=C8)c8ccc9ccccc9c8)c8cc(O)c(OC)cc8CCC7=O)[C@@H]6O)[C@@H]51)[C@H]2[C@@H]43. The number of carbonyl (C=O) groups excluding carboxylic acids is 2. The van der Waals surface area contributed by atoms with Gasteiger partial charge in [0.1, 0.15) is 11.2 Å². The second kappa shape index (κ2) is 19.1. The number of aromatic nitrogens is 1. The largest absolute Gasteiger partial charge is 0.504 e. The van der Waals surface area contributed by atoms with E-state index in [1.165, 1.54) is 18.4 Å². The number of Topliss-reactive ketones (excluding diaryl/α,β-unsaturated/α-hetero) is 2. The number of ether oxygens (including phenoxy) is 1. The van der Waals surface area contributed by atoms with Crippen molar-refractivity contribution in [1.82, 2.24) is 20.9 Å². The van der Waals surface area contributed by atoms with Gasteiger partial charge in [-0.05, 0) is 187 Å². The molecule has 378 valence electrons.